The molecule has 8 nitrogen and oxygen atoms in total. The predicted molar refractivity (Wildman–Crippen MR) is 144 cm³/mol. The van der Waals surface area contributed by atoms with Gasteiger partial charge in [-0.15, -0.1) is 0 Å². The fraction of sp³-hybridized carbons (Fsp3) is 0.333. The number of hydrogen-bond acceptors (Lipinski definition) is 7. The number of aromatic nitrogens is 3. The van der Waals surface area contributed by atoms with Gasteiger partial charge in [0.15, 0.2) is 0 Å². The number of aryl methyl sites for hydroxylation is 1. The van der Waals surface area contributed by atoms with Crippen molar-refractivity contribution in [2.45, 2.75) is 32.6 Å². The fourth-order valence-electron chi connectivity index (χ4n) is 4.92. The summed E-state index contributed by atoms with van der Waals surface area (Å²) >= 11 is 0. The first-order valence-corrected chi connectivity index (χ1v) is 13.1. The molecule has 10 heteroatoms. The molecule has 0 bridgehead atoms. The Morgan fingerprint density at radius 1 is 1.10 bits per heavy atom. The third-order valence-corrected chi connectivity index (χ3v) is 7.08. The van der Waals surface area contributed by atoms with Crippen LogP contribution in [-0.4, -0.2) is 45.7 Å². The van der Waals surface area contributed by atoms with E-state index in [2.05, 4.69) is 15.0 Å². The zero-order chi connectivity index (χ0) is 28.3. The molecule has 1 N–H and O–H groups in total. The maximum Gasteiger partial charge on any atom is 0.308 e. The summed E-state index contributed by atoms with van der Waals surface area (Å²) in [5, 5.41) is 9.81. The molecule has 3 heterocycles. The van der Waals surface area contributed by atoms with Gasteiger partial charge in [0.1, 0.15) is 17.2 Å². The van der Waals surface area contributed by atoms with Crippen molar-refractivity contribution in [3.8, 4) is 17.2 Å². The average Bonchev–Trinajstić information content (AvgIpc) is 3.53. The SMILES string of the molecule is Cc1oc(-c2ccccc2)nc1CCOc1ccc(C[C@H]2CN(c3nccc(C(C)(F)F)n3)CC2C(=O)O)cc1. The summed E-state index contributed by atoms with van der Waals surface area (Å²) in [6.45, 7) is 3.61. The largest absolute Gasteiger partial charge is 0.493 e. The second kappa shape index (κ2) is 11.4. The zero-order valence-electron chi connectivity index (χ0n) is 22.3. The Morgan fingerprint density at radius 2 is 1.85 bits per heavy atom. The molecule has 2 atom stereocenters. The highest BCUT2D eigenvalue weighted by Gasteiger charge is 2.39. The Balaban J connectivity index is 1.18. The van der Waals surface area contributed by atoms with Crippen LogP contribution in [0.5, 0.6) is 5.75 Å². The Morgan fingerprint density at radius 3 is 2.55 bits per heavy atom. The number of rotatable bonds is 10. The summed E-state index contributed by atoms with van der Waals surface area (Å²) in [7, 11) is 0. The topological polar surface area (TPSA) is 102 Å². The number of aliphatic carboxylic acids is 1. The monoisotopic (exact) mass is 548 g/mol. The molecule has 2 aromatic heterocycles. The van der Waals surface area contributed by atoms with E-state index in [-0.39, 0.29) is 18.4 Å². The van der Waals surface area contributed by atoms with Crippen LogP contribution in [0, 0.1) is 18.8 Å². The molecule has 208 valence electrons. The number of halogens is 2. The van der Waals surface area contributed by atoms with Crippen LogP contribution >= 0.6 is 0 Å². The van der Waals surface area contributed by atoms with E-state index in [0.717, 1.165) is 29.5 Å². The fourth-order valence-corrected chi connectivity index (χ4v) is 4.92. The smallest absolute Gasteiger partial charge is 0.308 e. The van der Waals surface area contributed by atoms with Gasteiger partial charge in [-0.25, -0.2) is 15.0 Å². The molecule has 5 rings (SSSR count). The third kappa shape index (κ3) is 6.27. The summed E-state index contributed by atoms with van der Waals surface area (Å²) in [6, 6.07) is 18.5. The summed E-state index contributed by atoms with van der Waals surface area (Å²) < 4.78 is 39.2. The normalized spacial score (nSPS) is 17.2. The van der Waals surface area contributed by atoms with Crippen LogP contribution < -0.4 is 9.64 Å². The first-order valence-electron chi connectivity index (χ1n) is 13.1. The molecule has 2 aromatic carbocycles. The van der Waals surface area contributed by atoms with Crippen molar-refractivity contribution < 1.29 is 27.8 Å². The first-order chi connectivity index (χ1) is 19.2. The third-order valence-electron chi connectivity index (χ3n) is 7.08. The Kier molecular flexibility index (Phi) is 7.77. The van der Waals surface area contributed by atoms with E-state index in [1.807, 2.05) is 61.5 Å². The van der Waals surface area contributed by atoms with Crippen LogP contribution in [0.4, 0.5) is 14.7 Å². The quantitative estimate of drug-likeness (QED) is 0.275. The number of nitrogens with zero attached hydrogens (tertiary/aromatic N) is 4. The molecule has 0 saturated carbocycles. The number of oxazole rings is 1. The molecule has 4 aromatic rings. The van der Waals surface area contributed by atoms with Gasteiger partial charge in [-0.2, -0.15) is 8.78 Å². The van der Waals surface area contributed by atoms with Gasteiger partial charge in [-0.05, 0) is 55.2 Å². The molecule has 1 fully saturated rings. The van der Waals surface area contributed by atoms with Crippen molar-refractivity contribution >= 4 is 11.9 Å². The zero-order valence-corrected chi connectivity index (χ0v) is 22.3. The summed E-state index contributed by atoms with van der Waals surface area (Å²) in [6.07, 6.45) is 2.39. The van der Waals surface area contributed by atoms with Gasteiger partial charge >= 0.3 is 5.97 Å². The van der Waals surface area contributed by atoms with Gasteiger partial charge in [0.25, 0.3) is 5.92 Å². The van der Waals surface area contributed by atoms with Crippen LogP contribution in [0.2, 0.25) is 0 Å². The standard InChI is InChI=1S/C30H30F2N4O4/c1-19-25(34-27(40-19)21-6-4-3-5-7-21)13-15-39-23-10-8-20(9-11-23)16-22-17-36(18-24(22)28(37)38)29-33-14-12-26(35-29)30(2,31)32/h3-12,14,22,24H,13,15-18H2,1-2H3,(H,37,38)/t22-,24?/m0/s1. The van der Waals surface area contributed by atoms with E-state index >= 15 is 0 Å². The van der Waals surface area contributed by atoms with Crippen molar-refractivity contribution in [2.24, 2.45) is 11.8 Å². The molecule has 0 amide bonds. The number of benzene rings is 2. The molecular formula is C30H30F2N4O4. The van der Waals surface area contributed by atoms with Crippen LogP contribution in [0.1, 0.15) is 29.6 Å². The van der Waals surface area contributed by atoms with E-state index in [9.17, 15) is 18.7 Å². The highest BCUT2D eigenvalue weighted by atomic mass is 19.3. The Bertz CT molecular complexity index is 1450. The molecule has 1 aliphatic heterocycles. The van der Waals surface area contributed by atoms with Gasteiger partial charge in [-0.1, -0.05) is 30.3 Å². The minimum absolute atomic E-state index is 0.120. The molecule has 0 spiro atoms. The van der Waals surface area contributed by atoms with Crippen molar-refractivity contribution in [2.75, 3.05) is 24.6 Å². The van der Waals surface area contributed by atoms with Crippen molar-refractivity contribution in [3.63, 3.8) is 0 Å². The minimum Gasteiger partial charge on any atom is -0.493 e. The lowest BCUT2D eigenvalue weighted by Crippen LogP contribution is -2.25. The second-order valence-corrected chi connectivity index (χ2v) is 10.1. The maximum atomic E-state index is 13.7. The van der Waals surface area contributed by atoms with E-state index in [1.165, 1.54) is 12.3 Å². The molecular weight excluding hydrogens is 518 g/mol. The molecule has 0 aliphatic carbocycles. The maximum absolute atomic E-state index is 13.7. The summed E-state index contributed by atoms with van der Waals surface area (Å²) in [5.74, 6) is -2.77. The van der Waals surface area contributed by atoms with E-state index < -0.39 is 23.5 Å². The summed E-state index contributed by atoms with van der Waals surface area (Å²) in [5.41, 5.74) is 2.34. The van der Waals surface area contributed by atoms with Crippen LogP contribution in [0.3, 0.4) is 0 Å². The number of carbonyl (C=O) groups is 1. The molecule has 1 saturated heterocycles. The summed E-state index contributed by atoms with van der Waals surface area (Å²) in [4.78, 5) is 26.4. The number of carboxylic acid groups (broad SMARTS) is 1. The average molecular weight is 549 g/mol. The lowest BCUT2D eigenvalue weighted by atomic mass is 9.90. The van der Waals surface area contributed by atoms with E-state index in [4.69, 9.17) is 9.15 Å². The van der Waals surface area contributed by atoms with Gasteiger partial charge in [-0.3, -0.25) is 4.79 Å². The van der Waals surface area contributed by atoms with Gasteiger partial charge in [0.05, 0.1) is 18.2 Å². The second-order valence-electron chi connectivity index (χ2n) is 10.1. The van der Waals surface area contributed by atoms with Crippen LogP contribution in [0.15, 0.2) is 71.3 Å². The van der Waals surface area contributed by atoms with Gasteiger partial charge in [0.2, 0.25) is 11.8 Å². The van der Waals surface area contributed by atoms with Gasteiger partial charge < -0.3 is 19.2 Å². The number of anilines is 1. The lowest BCUT2D eigenvalue weighted by Gasteiger charge is -2.18. The molecule has 0 radical (unpaired) electrons. The number of alkyl halides is 2. The van der Waals surface area contributed by atoms with Crippen molar-refractivity contribution in [1.29, 1.82) is 0 Å². The Hall–Kier alpha value is -4.34. The first kappa shape index (κ1) is 27.2. The number of carboxylic acids is 1. The highest BCUT2D eigenvalue weighted by Crippen LogP contribution is 2.32. The lowest BCUT2D eigenvalue weighted by molar-refractivity contribution is -0.142. The number of ether oxygens (including phenoxy) is 1. The minimum atomic E-state index is -3.11. The number of hydrogen-bond donors (Lipinski definition) is 1. The van der Waals surface area contributed by atoms with Crippen LogP contribution in [-0.2, 0) is 23.6 Å². The van der Waals surface area contributed by atoms with Crippen molar-refractivity contribution in [1.82, 2.24) is 15.0 Å². The highest BCUT2D eigenvalue weighted by molar-refractivity contribution is 5.72. The Labute approximate surface area is 230 Å². The predicted octanol–water partition coefficient (Wildman–Crippen LogP) is 5.55. The van der Waals surface area contributed by atoms with Crippen molar-refractivity contribution in [3.05, 3.63) is 89.6 Å². The van der Waals surface area contributed by atoms with Crippen LogP contribution in [0.25, 0.3) is 11.5 Å². The molecule has 40 heavy (non-hydrogen) atoms. The molecule has 1 aliphatic rings. The van der Waals surface area contributed by atoms with E-state index in [0.29, 0.717) is 37.6 Å². The van der Waals surface area contributed by atoms with Gasteiger partial charge in [0, 0.05) is 38.2 Å². The molecule has 1 unspecified atom stereocenters. The van der Waals surface area contributed by atoms with E-state index in [1.54, 1.807) is 4.90 Å².